The highest BCUT2D eigenvalue weighted by molar-refractivity contribution is 7.91. The number of nitrogens with zero attached hydrogens (tertiary/aromatic N) is 2. The first kappa shape index (κ1) is 22.2. The molecule has 7 nitrogen and oxygen atoms in total. The summed E-state index contributed by atoms with van der Waals surface area (Å²) >= 11 is 0. The molecule has 2 rings (SSSR count). The minimum Gasteiger partial charge on any atom is -0.339 e. The molecular formula is C20H31N3O4S. The quantitative estimate of drug-likeness (QED) is 0.676. The van der Waals surface area contributed by atoms with Crippen molar-refractivity contribution in [2.45, 2.75) is 45.2 Å². The SMILES string of the molecule is CCCCN(C(=O)CCNC(=O)N(C)Cc1ccccc1)C1CCS(=O)(=O)C1. The molecule has 0 radical (unpaired) electrons. The number of urea groups is 1. The lowest BCUT2D eigenvalue weighted by Crippen LogP contribution is -2.44. The highest BCUT2D eigenvalue weighted by Gasteiger charge is 2.34. The normalized spacial score (nSPS) is 17.9. The molecule has 1 unspecified atom stereocenters. The number of unbranched alkanes of at least 4 members (excludes halogenated alkanes) is 1. The number of amides is 3. The van der Waals surface area contributed by atoms with E-state index in [0.29, 0.717) is 19.5 Å². The van der Waals surface area contributed by atoms with Gasteiger partial charge in [0.1, 0.15) is 0 Å². The van der Waals surface area contributed by atoms with E-state index in [0.717, 1.165) is 18.4 Å². The van der Waals surface area contributed by atoms with Gasteiger partial charge in [0, 0.05) is 39.1 Å². The fraction of sp³-hybridized carbons (Fsp3) is 0.600. The fourth-order valence-electron chi connectivity index (χ4n) is 3.34. The average molecular weight is 410 g/mol. The Morgan fingerprint density at radius 1 is 1.21 bits per heavy atom. The second-order valence-electron chi connectivity index (χ2n) is 7.32. The number of sulfone groups is 1. The molecule has 0 saturated carbocycles. The topological polar surface area (TPSA) is 86.8 Å². The van der Waals surface area contributed by atoms with E-state index in [1.165, 1.54) is 0 Å². The maximum absolute atomic E-state index is 12.7. The molecule has 1 aliphatic heterocycles. The van der Waals surface area contributed by atoms with Crippen LogP contribution in [0.2, 0.25) is 0 Å². The number of rotatable bonds is 9. The maximum atomic E-state index is 12.7. The molecular weight excluding hydrogens is 378 g/mol. The number of carbonyl (C=O) groups excluding carboxylic acids is 2. The van der Waals surface area contributed by atoms with Crippen molar-refractivity contribution in [1.82, 2.24) is 15.1 Å². The fourth-order valence-corrected chi connectivity index (χ4v) is 5.08. The summed E-state index contributed by atoms with van der Waals surface area (Å²) in [5, 5.41) is 2.77. The van der Waals surface area contributed by atoms with Gasteiger partial charge in [-0.05, 0) is 18.4 Å². The van der Waals surface area contributed by atoms with Crippen molar-refractivity contribution in [3.8, 4) is 0 Å². The van der Waals surface area contributed by atoms with Crippen LogP contribution in [0, 0.1) is 0 Å². The van der Waals surface area contributed by atoms with Crippen molar-refractivity contribution in [3.05, 3.63) is 35.9 Å². The Kier molecular flexibility index (Phi) is 8.29. The Balaban J connectivity index is 1.81. The summed E-state index contributed by atoms with van der Waals surface area (Å²) in [4.78, 5) is 28.1. The van der Waals surface area contributed by atoms with Crippen LogP contribution in [0.3, 0.4) is 0 Å². The van der Waals surface area contributed by atoms with Crippen molar-refractivity contribution in [3.63, 3.8) is 0 Å². The van der Waals surface area contributed by atoms with Crippen LogP contribution in [0.5, 0.6) is 0 Å². The van der Waals surface area contributed by atoms with Gasteiger partial charge in [-0.1, -0.05) is 43.7 Å². The molecule has 1 aliphatic rings. The maximum Gasteiger partial charge on any atom is 0.317 e. The number of hydrogen-bond acceptors (Lipinski definition) is 4. The van der Waals surface area contributed by atoms with Gasteiger partial charge >= 0.3 is 6.03 Å². The predicted molar refractivity (Wildman–Crippen MR) is 110 cm³/mol. The molecule has 0 aliphatic carbocycles. The summed E-state index contributed by atoms with van der Waals surface area (Å²) in [5.74, 6) is 0.102. The van der Waals surface area contributed by atoms with E-state index in [2.05, 4.69) is 5.32 Å². The molecule has 0 bridgehead atoms. The van der Waals surface area contributed by atoms with Gasteiger partial charge in [-0.15, -0.1) is 0 Å². The van der Waals surface area contributed by atoms with Gasteiger partial charge in [0.05, 0.1) is 11.5 Å². The summed E-state index contributed by atoms with van der Waals surface area (Å²) in [5.41, 5.74) is 1.03. The van der Waals surface area contributed by atoms with Crippen molar-refractivity contribution in [2.75, 3.05) is 31.6 Å². The lowest BCUT2D eigenvalue weighted by molar-refractivity contribution is -0.133. The van der Waals surface area contributed by atoms with Gasteiger partial charge in [0.2, 0.25) is 5.91 Å². The Labute approximate surface area is 168 Å². The van der Waals surface area contributed by atoms with E-state index in [4.69, 9.17) is 0 Å². The van der Waals surface area contributed by atoms with Crippen molar-refractivity contribution in [2.24, 2.45) is 0 Å². The molecule has 1 aromatic rings. The molecule has 28 heavy (non-hydrogen) atoms. The zero-order valence-corrected chi connectivity index (χ0v) is 17.6. The molecule has 3 amide bonds. The third-order valence-corrected chi connectivity index (χ3v) is 6.70. The van der Waals surface area contributed by atoms with Crippen LogP contribution < -0.4 is 5.32 Å². The van der Waals surface area contributed by atoms with Crippen molar-refractivity contribution in [1.29, 1.82) is 0 Å². The molecule has 1 fully saturated rings. The van der Waals surface area contributed by atoms with E-state index in [-0.39, 0.29) is 42.5 Å². The van der Waals surface area contributed by atoms with Gasteiger partial charge < -0.3 is 15.1 Å². The molecule has 156 valence electrons. The number of nitrogens with one attached hydrogen (secondary N) is 1. The summed E-state index contributed by atoms with van der Waals surface area (Å²) in [7, 11) is -1.33. The number of hydrogen-bond donors (Lipinski definition) is 1. The molecule has 0 aromatic heterocycles. The molecule has 1 atom stereocenters. The van der Waals surface area contributed by atoms with E-state index in [9.17, 15) is 18.0 Å². The minimum absolute atomic E-state index is 0.0502. The van der Waals surface area contributed by atoms with Crippen molar-refractivity contribution >= 4 is 21.8 Å². The highest BCUT2D eigenvalue weighted by atomic mass is 32.2. The zero-order chi connectivity index (χ0) is 20.6. The first-order valence-electron chi connectivity index (χ1n) is 9.85. The van der Waals surface area contributed by atoms with E-state index < -0.39 is 9.84 Å². The highest BCUT2D eigenvalue weighted by Crippen LogP contribution is 2.19. The van der Waals surface area contributed by atoms with Crippen LogP contribution >= 0.6 is 0 Å². The Morgan fingerprint density at radius 3 is 2.54 bits per heavy atom. The first-order chi connectivity index (χ1) is 13.3. The first-order valence-corrected chi connectivity index (χ1v) is 11.7. The minimum atomic E-state index is -3.04. The van der Waals surface area contributed by atoms with E-state index in [1.807, 2.05) is 37.3 Å². The van der Waals surface area contributed by atoms with Crippen LogP contribution in [0.1, 0.15) is 38.2 Å². The lowest BCUT2D eigenvalue weighted by atomic mass is 10.2. The second kappa shape index (κ2) is 10.5. The Morgan fingerprint density at radius 2 is 1.93 bits per heavy atom. The van der Waals surface area contributed by atoms with Gasteiger partial charge in [-0.3, -0.25) is 4.79 Å². The zero-order valence-electron chi connectivity index (χ0n) is 16.8. The second-order valence-corrected chi connectivity index (χ2v) is 9.55. The van der Waals surface area contributed by atoms with E-state index >= 15 is 0 Å². The van der Waals surface area contributed by atoms with Gasteiger partial charge in [-0.2, -0.15) is 0 Å². The third-order valence-electron chi connectivity index (χ3n) is 4.95. The average Bonchev–Trinajstić information content (AvgIpc) is 3.02. The largest absolute Gasteiger partial charge is 0.339 e. The monoisotopic (exact) mass is 409 g/mol. The molecule has 1 saturated heterocycles. The van der Waals surface area contributed by atoms with E-state index in [1.54, 1.807) is 16.8 Å². The van der Waals surface area contributed by atoms with Crippen LogP contribution in [0.25, 0.3) is 0 Å². The van der Waals surface area contributed by atoms with Gasteiger partial charge in [0.15, 0.2) is 9.84 Å². The van der Waals surface area contributed by atoms with Crippen molar-refractivity contribution < 1.29 is 18.0 Å². The molecule has 1 N–H and O–H groups in total. The summed E-state index contributed by atoms with van der Waals surface area (Å²) in [6.45, 7) is 3.33. The molecule has 8 heteroatoms. The van der Waals surface area contributed by atoms with Gasteiger partial charge in [0.25, 0.3) is 0 Å². The summed E-state index contributed by atoms with van der Waals surface area (Å²) in [6, 6.07) is 9.21. The van der Waals surface area contributed by atoms with Crippen LogP contribution in [0.15, 0.2) is 30.3 Å². The van der Waals surface area contributed by atoms with Crippen LogP contribution in [0.4, 0.5) is 4.79 Å². The van der Waals surface area contributed by atoms with Gasteiger partial charge in [-0.25, -0.2) is 13.2 Å². The standard InChI is InChI=1S/C20H31N3O4S/c1-3-4-13-23(18-11-14-28(26,27)16-18)19(24)10-12-21-20(25)22(2)15-17-8-6-5-7-9-17/h5-9,18H,3-4,10-16H2,1-2H3,(H,21,25). The smallest absolute Gasteiger partial charge is 0.317 e. The molecule has 1 heterocycles. The molecule has 1 aromatic carbocycles. The van der Waals surface area contributed by atoms with Crippen LogP contribution in [-0.2, 0) is 21.2 Å². The number of carbonyl (C=O) groups is 2. The number of benzene rings is 1. The third kappa shape index (κ3) is 6.82. The summed E-state index contributed by atoms with van der Waals surface area (Å²) < 4.78 is 23.5. The van der Waals surface area contributed by atoms with Crippen LogP contribution in [-0.4, -0.2) is 67.8 Å². The predicted octanol–water partition coefficient (Wildman–Crippen LogP) is 2.03. The Bertz CT molecular complexity index is 752. The lowest BCUT2D eigenvalue weighted by Gasteiger charge is -2.28. The Hall–Kier alpha value is -2.09. The summed E-state index contributed by atoms with van der Waals surface area (Å²) in [6.07, 6.45) is 2.45. The molecule has 0 spiro atoms.